The van der Waals surface area contributed by atoms with Gasteiger partial charge in [-0.2, -0.15) is 0 Å². The number of nitrogens with one attached hydrogen (secondary N) is 1. The van der Waals surface area contributed by atoms with Crippen molar-refractivity contribution in [1.29, 1.82) is 0 Å². The Bertz CT molecular complexity index is 573. The third-order valence-corrected chi connectivity index (χ3v) is 2.84. The molecule has 2 rings (SSSR count). The summed E-state index contributed by atoms with van der Waals surface area (Å²) in [5.41, 5.74) is 1.02. The molecule has 4 nitrogen and oxygen atoms in total. The van der Waals surface area contributed by atoms with Crippen molar-refractivity contribution in [3.8, 4) is 5.75 Å². The lowest BCUT2D eigenvalue weighted by Crippen LogP contribution is -2.32. The quantitative estimate of drug-likeness (QED) is 0.898. The molecule has 0 atom stereocenters. The van der Waals surface area contributed by atoms with E-state index in [2.05, 4.69) is 5.32 Å². The van der Waals surface area contributed by atoms with Crippen LogP contribution in [0.15, 0.2) is 30.5 Å². The van der Waals surface area contributed by atoms with E-state index in [9.17, 15) is 4.79 Å². The standard InChI is InChI=1S/C15H20N2O2/c1-4-19-14-7-5-6-13-12(14)8-9-17(13)10-15(18)16-11(2)3/h5-9,11H,4,10H2,1-3H3,(H,16,18). The monoisotopic (exact) mass is 260 g/mol. The van der Waals surface area contributed by atoms with Crippen LogP contribution in [0, 0.1) is 0 Å². The molecule has 0 spiro atoms. The van der Waals surface area contributed by atoms with Crippen LogP contribution in [0.2, 0.25) is 0 Å². The molecular weight excluding hydrogens is 240 g/mol. The van der Waals surface area contributed by atoms with E-state index in [0.717, 1.165) is 16.7 Å². The van der Waals surface area contributed by atoms with Crippen molar-refractivity contribution in [2.45, 2.75) is 33.4 Å². The summed E-state index contributed by atoms with van der Waals surface area (Å²) in [4.78, 5) is 11.8. The number of ether oxygens (including phenoxy) is 1. The van der Waals surface area contributed by atoms with E-state index in [-0.39, 0.29) is 11.9 Å². The summed E-state index contributed by atoms with van der Waals surface area (Å²) in [5.74, 6) is 0.886. The summed E-state index contributed by atoms with van der Waals surface area (Å²) in [6.45, 7) is 6.85. The Morgan fingerprint density at radius 3 is 2.84 bits per heavy atom. The van der Waals surface area contributed by atoms with Crippen LogP contribution in [-0.4, -0.2) is 23.1 Å². The second-order valence-corrected chi connectivity index (χ2v) is 4.79. The average molecular weight is 260 g/mol. The van der Waals surface area contributed by atoms with Crippen molar-refractivity contribution >= 4 is 16.8 Å². The highest BCUT2D eigenvalue weighted by atomic mass is 16.5. The van der Waals surface area contributed by atoms with E-state index < -0.39 is 0 Å². The van der Waals surface area contributed by atoms with Gasteiger partial charge in [0.1, 0.15) is 12.3 Å². The molecule has 0 saturated carbocycles. The lowest BCUT2D eigenvalue weighted by molar-refractivity contribution is -0.122. The van der Waals surface area contributed by atoms with Crippen LogP contribution < -0.4 is 10.1 Å². The van der Waals surface area contributed by atoms with Crippen molar-refractivity contribution in [3.05, 3.63) is 30.5 Å². The third-order valence-electron chi connectivity index (χ3n) is 2.84. The van der Waals surface area contributed by atoms with Gasteiger partial charge in [-0.25, -0.2) is 0 Å². The van der Waals surface area contributed by atoms with E-state index in [1.54, 1.807) is 0 Å². The predicted molar refractivity (Wildman–Crippen MR) is 76.4 cm³/mol. The molecule has 19 heavy (non-hydrogen) atoms. The zero-order valence-corrected chi connectivity index (χ0v) is 11.6. The maximum Gasteiger partial charge on any atom is 0.240 e. The van der Waals surface area contributed by atoms with Crippen molar-refractivity contribution in [2.24, 2.45) is 0 Å². The molecule has 0 unspecified atom stereocenters. The molecule has 0 saturated heterocycles. The number of hydrogen-bond donors (Lipinski definition) is 1. The molecule has 0 aliphatic rings. The fourth-order valence-corrected chi connectivity index (χ4v) is 2.14. The normalized spacial score (nSPS) is 10.9. The zero-order chi connectivity index (χ0) is 13.8. The molecule has 0 bridgehead atoms. The molecule has 1 heterocycles. The number of benzene rings is 1. The number of carbonyl (C=O) groups excluding carboxylic acids is 1. The maximum atomic E-state index is 11.8. The molecule has 1 aromatic carbocycles. The van der Waals surface area contributed by atoms with Crippen molar-refractivity contribution in [3.63, 3.8) is 0 Å². The van der Waals surface area contributed by atoms with Gasteiger partial charge in [-0.3, -0.25) is 4.79 Å². The van der Waals surface area contributed by atoms with Crippen LogP contribution in [0.1, 0.15) is 20.8 Å². The smallest absolute Gasteiger partial charge is 0.240 e. The highest BCUT2D eigenvalue weighted by Crippen LogP contribution is 2.26. The number of hydrogen-bond acceptors (Lipinski definition) is 2. The van der Waals surface area contributed by atoms with E-state index in [1.165, 1.54) is 0 Å². The Morgan fingerprint density at radius 2 is 2.16 bits per heavy atom. The van der Waals surface area contributed by atoms with Gasteiger partial charge in [0.2, 0.25) is 5.91 Å². The third kappa shape index (κ3) is 3.08. The molecule has 1 amide bonds. The summed E-state index contributed by atoms with van der Waals surface area (Å²) in [7, 11) is 0. The minimum absolute atomic E-state index is 0.0225. The summed E-state index contributed by atoms with van der Waals surface area (Å²) in [5, 5.41) is 3.94. The first kappa shape index (κ1) is 13.5. The summed E-state index contributed by atoms with van der Waals surface area (Å²) in [6, 6.07) is 8.05. The van der Waals surface area contributed by atoms with Gasteiger partial charge in [-0.05, 0) is 39.0 Å². The Kier molecular flexibility index (Phi) is 4.10. The zero-order valence-electron chi connectivity index (χ0n) is 11.6. The fourth-order valence-electron chi connectivity index (χ4n) is 2.14. The lowest BCUT2D eigenvalue weighted by atomic mass is 10.2. The Morgan fingerprint density at radius 1 is 1.37 bits per heavy atom. The Balaban J connectivity index is 2.25. The van der Waals surface area contributed by atoms with E-state index in [1.807, 2.05) is 55.8 Å². The van der Waals surface area contributed by atoms with Crippen LogP contribution in [-0.2, 0) is 11.3 Å². The molecule has 1 aromatic heterocycles. The van der Waals surface area contributed by atoms with Crippen molar-refractivity contribution in [1.82, 2.24) is 9.88 Å². The molecule has 102 valence electrons. The molecule has 0 aliphatic carbocycles. The topological polar surface area (TPSA) is 43.3 Å². The van der Waals surface area contributed by atoms with E-state index >= 15 is 0 Å². The first-order valence-electron chi connectivity index (χ1n) is 6.62. The van der Waals surface area contributed by atoms with Crippen molar-refractivity contribution < 1.29 is 9.53 Å². The highest BCUT2D eigenvalue weighted by Gasteiger charge is 2.09. The number of carbonyl (C=O) groups is 1. The van der Waals surface area contributed by atoms with Gasteiger partial charge in [0.15, 0.2) is 0 Å². The number of aromatic nitrogens is 1. The number of fused-ring (bicyclic) bond motifs is 1. The second kappa shape index (κ2) is 5.78. The number of amides is 1. The van der Waals surface area contributed by atoms with Crippen molar-refractivity contribution in [2.75, 3.05) is 6.61 Å². The van der Waals surface area contributed by atoms with E-state index in [0.29, 0.717) is 13.2 Å². The molecule has 0 aliphatic heterocycles. The second-order valence-electron chi connectivity index (χ2n) is 4.79. The van der Waals surface area contributed by atoms with Gasteiger partial charge in [0.25, 0.3) is 0 Å². The maximum absolute atomic E-state index is 11.8. The molecule has 0 fully saturated rings. The summed E-state index contributed by atoms with van der Waals surface area (Å²) < 4.78 is 7.53. The van der Waals surface area contributed by atoms with E-state index in [4.69, 9.17) is 4.74 Å². The molecule has 0 radical (unpaired) electrons. The minimum atomic E-state index is 0.0225. The molecular formula is C15H20N2O2. The van der Waals surface area contributed by atoms with Gasteiger partial charge in [-0.15, -0.1) is 0 Å². The Labute approximate surface area is 113 Å². The SMILES string of the molecule is CCOc1cccc2c1ccn2CC(=O)NC(C)C. The van der Waals surface area contributed by atoms with Gasteiger partial charge in [-0.1, -0.05) is 6.07 Å². The largest absolute Gasteiger partial charge is 0.493 e. The van der Waals surface area contributed by atoms with Crippen LogP contribution in [0.4, 0.5) is 0 Å². The number of nitrogens with zero attached hydrogens (tertiary/aromatic N) is 1. The molecule has 2 aromatic rings. The first-order chi connectivity index (χ1) is 9.11. The first-order valence-corrected chi connectivity index (χ1v) is 6.62. The van der Waals surface area contributed by atoms with Crippen LogP contribution in [0.3, 0.4) is 0 Å². The fraction of sp³-hybridized carbons (Fsp3) is 0.400. The minimum Gasteiger partial charge on any atom is -0.493 e. The summed E-state index contributed by atoms with van der Waals surface area (Å²) >= 11 is 0. The van der Waals surface area contributed by atoms with Gasteiger partial charge in [0, 0.05) is 17.6 Å². The van der Waals surface area contributed by atoms with Crippen LogP contribution in [0.5, 0.6) is 5.75 Å². The molecule has 4 heteroatoms. The average Bonchev–Trinajstić information content (AvgIpc) is 2.73. The predicted octanol–water partition coefficient (Wildman–Crippen LogP) is 2.56. The highest BCUT2D eigenvalue weighted by molar-refractivity contribution is 5.88. The molecule has 1 N–H and O–H groups in total. The number of rotatable bonds is 5. The van der Waals surface area contributed by atoms with Crippen LogP contribution >= 0.6 is 0 Å². The Hall–Kier alpha value is -1.97. The van der Waals surface area contributed by atoms with Gasteiger partial charge < -0.3 is 14.6 Å². The van der Waals surface area contributed by atoms with Gasteiger partial charge >= 0.3 is 0 Å². The van der Waals surface area contributed by atoms with Gasteiger partial charge in [0.05, 0.1) is 12.1 Å². The lowest BCUT2D eigenvalue weighted by Gasteiger charge is -2.10. The summed E-state index contributed by atoms with van der Waals surface area (Å²) in [6.07, 6.45) is 1.92. The van der Waals surface area contributed by atoms with Crippen LogP contribution in [0.25, 0.3) is 10.9 Å².